The molecule has 0 fully saturated rings. The van der Waals surface area contributed by atoms with E-state index >= 15 is 0 Å². The Hall–Kier alpha value is -2.58. The van der Waals surface area contributed by atoms with E-state index in [0.717, 1.165) is 37.5 Å². The van der Waals surface area contributed by atoms with Gasteiger partial charge in [-0.2, -0.15) is 0 Å². The zero-order valence-electron chi connectivity index (χ0n) is 15.7. The number of nitrogens with zero attached hydrogens (tertiary/aromatic N) is 2. The van der Waals surface area contributed by atoms with Crippen LogP contribution in [0.2, 0.25) is 0 Å². The van der Waals surface area contributed by atoms with Crippen LogP contribution in [0.25, 0.3) is 21.5 Å². The molecule has 0 aliphatic heterocycles. The van der Waals surface area contributed by atoms with Crippen LogP contribution in [0.3, 0.4) is 0 Å². The summed E-state index contributed by atoms with van der Waals surface area (Å²) < 4.78 is 5.83. The molecular weight excluding hydrogens is 444 g/mol. The van der Waals surface area contributed by atoms with Gasteiger partial charge in [-0.15, -0.1) is 11.3 Å². The molecule has 0 atom stereocenters. The summed E-state index contributed by atoms with van der Waals surface area (Å²) in [6.45, 7) is 4.43. The number of benzene rings is 1. The smallest absolute Gasteiger partial charge is 0.350 e. The molecule has 0 spiro atoms. The number of carbonyl (C=O) groups is 3. The van der Waals surface area contributed by atoms with Crippen LogP contribution in [-0.2, 0) is 14.3 Å². The molecule has 3 rings (SSSR count). The summed E-state index contributed by atoms with van der Waals surface area (Å²) in [6.07, 6.45) is 0. The van der Waals surface area contributed by atoms with E-state index in [1.807, 2.05) is 37.3 Å². The Morgan fingerprint density at radius 3 is 2.25 bits per heavy atom. The number of halogens is 1. The zero-order chi connectivity index (χ0) is 20.6. The maximum Gasteiger partial charge on any atom is 0.350 e. The Morgan fingerprint density at radius 1 is 1.11 bits per heavy atom. The minimum absolute atomic E-state index is 0.173. The number of pyridine rings is 1. The molecule has 0 saturated heterocycles. The number of amides is 2. The molecule has 6 nitrogen and oxygen atoms in total. The van der Waals surface area contributed by atoms with Crippen LogP contribution in [0.15, 0.2) is 34.8 Å². The highest BCUT2D eigenvalue weighted by Crippen LogP contribution is 2.41. The van der Waals surface area contributed by atoms with E-state index in [2.05, 4.69) is 20.9 Å². The number of methoxy groups -OCH3 is 1. The van der Waals surface area contributed by atoms with Crippen molar-refractivity contribution in [2.24, 2.45) is 0 Å². The summed E-state index contributed by atoms with van der Waals surface area (Å²) in [5.41, 5.74) is 2.69. The van der Waals surface area contributed by atoms with Crippen molar-refractivity contribution in [1.82, 2.24) is 4.98 Å². The number of aryl methyl sites for hydroxylation is 1. The summed E-state index contributed by atoms with van der Waals surface area (Å²) >= 11 is 4.52. The molecule has 2 amide bonds. The predicted octanol–water partition coefficient (Wildman–Crippen LogP) is 4.72. The molecule has 0 radical (unpaired) electrons. The molecule has 2 aromatic heterocycles. The largest absolute Gasteiger partial charge is 0.465 e. The highest BCUT2D eigenvalue weighted by molar-refractivity contribution is 9.10. The van der Waals surface area contributed by atoms with Gasteiger partial charge in [0.2, 0.25) is 11.8 Å². The third-order valence-corrected chi connectivity index (χ3v) is 5.78. The van der Waals surface area contributed by atoms with Gasteiger partial charge in [-0.05, 0) is 30.7 Å². The van der Waals surface area contributed by atoms with Gasteiger partial charge in [-0.3, -0.25) is 9.59 Å². The molecule has 0 aliphatic carbocycles. The van der Waals surface area contributed by atoms with E-state index in [1.54, 1.807) is 0 Å². The third-order valence-electron chi connectivity index (χ3n) is 4.20. The van der Waals surface area contributed by atoms with E-state index in [9.17, 15) is 14.4 Å². The number of rotatable bonds is 3. The average Bonchev–Trinajstić information content (AvgIpc) is 3.00. The van der Waals surface area contributed by atoms with Gasteiger partial charge in [0, 0.05) is 29.3 Å². The van der Waals surface area contributed by atoms with E-state index < -0.39 is 17.8 Å². The number of ether oxygens (including phenoxy) is 1. The monoisotopic (exact) mass is 460 g/mol. The van der Waals surface area contributed by atoms with E-state index in [0.29, 0.717) is 10.2 Å². The van der Waals surface area contributed by atoms with Crippen molar-refractivity contribution in [2.45, 2.75) is 20.8 Å². The highest BCUT2D eigenvalue weighted by Gasteiger charge is 2.30. The van der Waals surface area contributed by atoms with Crippen molar-refractivity contribution in [1.29, 1.82) is 0 Å². The third kappa shape index (κ3) is 3.57. The number of anilines is 1. The van der Waals surface area contributed by atoms with E-state index in [4.69, 9.17) is 4.74 Å². The maximum absolute atomic E-state index is 12.4. The number of hydrogen-bond donors (Lipinski definition) is 0. The second kappa shape index (κ2) is 7.81. The van der Waals surface area contributed by atoms with Crippen LogP contribution in [0, 0.1) is 6.92 Å². The Morgan fingerprint density at radius 2 is 1.71 bits per heavy atom. The van der Waals surface area contributed by atoms with Crippen molar-refractivity contribution in [3.05, 3.63) is 45.2 Å². The van der Waals surface area contributed by atoms with Crippen LogP contribution in [0.1, 0.15) is 29.1 Å². The first kappa shape index (κ1) is 20.2. The van der Waals surface area contributed by atoms with Crippen molar-refractivity contribution < 1.29 is 19.1 Å². The Bertz CT molecular complexity index is 1090. The first-order chi connectivity index (χ1) is 13.2. The van der Waals surface area contributed by atoms with E-state index in [1.165, 1.54) is 21.0 Å². The van der Waals surface area contributed by atoms with Crippen molar-refractivity contribution in [2.75, 3.05) is 12.0 Å². The number of imide groups is 1. The predicted molar refractivity (Wildman–Crippen MR) is 113 cm³/mol. The van der Waals surface area contributed by atoms with Gasteiger partial charge in [-0.25, -0.2) is 14.7 Å². The number of thiophene rings is 1. The van der Waals surface area contributed by atoms with Gasteiger partial charge >= 0.3 is 5.97 Å². The summed E-state index contributed by atoms with van der Waals surface area (Å²) in [7, 11) is 1.26. The molecular formula is C20H17BrN2O4S. The first-order valence-corrected chi connectivity index (χ1v) is 9.95. The number of hydrogen-bond acceptors (Lipinski definition) is 6. The fourth-order valence-corrected chi connectivity index (χ4v) is 4.43. The molecule has 2 heterocycles. The minimum Gasteiger partial charge on any atom is -0.465 e. The molecule has 144 valence electrons. The lowest BCUT2D eigenvalue weighted by Gasteiger charge is -2.18. The van der Waals surface area contributed by atoms with Crippen LogP contribution >= 0.6 is 27.3 Å². The highest BCUT2D eigenvalue weighted by atomic mass is 79.9. The standard InChI is InChI=1S/C20H17BrN2O4S/c1-10-9-15(13-5-7-14(21)8-6-13)22-19-16(10)17(18(28-19)20(26)27-4)23(11(2)24)12(3)25/h5-9H,1-4H3. The SMILES string of the molecule is COC(=O)c1sc2nc(-c3ccc(Br)cc3)cc(C)c2c1N(C(C)=O)C(C)=O. The quantitative estimate of drug-likeness (QED) is 0.528. The molecule has 28 heavy (non-hydrogen) atoms. The topological polar surface area (TPSA) is 76.6 Å². The van der Waals surface area contributed by atoms with Gasteiger partial charge in [0.15, 0.2) is 0 Å². The summed E-state index contributed by atoms with van der Waals surface area (Å²) in [6, 6.07) is 9.59. The molecule has 0 N–H and O–H groups in total. The molecule has 0 bridgehead atoms. The lowest BCUT2D eigenvalue weighted by atomic mass is 10.1. The molecule has 1 aromatic carbocycles. The van der Waals surface area contributed by atoms with Crippen LogP contribution < -0.4 is 4.90 Å². The van der Waals surface area contributed by atoms with Gasteiger partial charge < -0.3 is 4.74 Å². The number of aromatic nitrogens is 1. The summed E-state index contributed by atoms with van der Waals surface area (Å²) in [5.74, 6) is -1.57. The van der Waals surface area contributed by atoms with Crippen LogP contribution in [0.4, 0.5) is 5.69 Å². The fraction of sp³-hybridized carbons (Fsp3) is 0.200. The lowest BCUT2D eigenvalue weighted by molar-refractivity contribution is -0.124. The molecule has 8 heteroatoms. The molecule has 0 unspecified atom stereocenters. The molecule has 0 aliphatic rings. The van der Waals surface area contributed by atoms with Crippen LogP contribution in [-0.4, -0.2) is 29.9 Å². The molecule has 0 saturated carbocycles. The minimum atomic E-state index is -0.616. The maximum atomic E-state index is 12.4. The fourth-order valence-electron chi connectivity index (χ4n) is 3.01. The normalized spacial score (nSPS) is 10.8. The first-order valence-electron chi connectivity index (χ1n) is 8.34. The number of fused-ring (bicyclic) bond motifs is 1. The second-order valence-electron chi connectivity index (χ2n) is 6.16. The van der Waals surface area contributed by atoms with Crippen LogP contribution in [0.5, 0.6) is 0 Å². The zero-order valence-corrected chi connectivity index (χ0v) is 18.1. The van der Waals surface area contributed by atoms with Crippen molar-refractivity contribution >= 4 is 61.0 Å². The summed E-state index contributed by atoms with van der Waals surface area (Å²) in [5, 5.41) is 0.594. The Kier molecular flexibility index (Phi) is 5.62. The van der Waals surface area contributed by atoms with E-state index in [-0.39, 0.29) is 10.6 Å². The Labute approximate surface area is 174 Å². The molecule has 3 aromatic rings. The second-order valence-corrected chi connectivity index (χ2v) is 8.07. The Balaban J connectivity index is 2.32. The lowest BCUT2D eigenvalue weighted by Crippen LogP contribution is -2.34. The van der Waals surface area contributed by atoms with Gasteiger partial charge in [0.05, 0.1) is 18.5 Å². The average molecular weight is 461 g/mol. The van der Waals surface area contributed by atoms with Crippen molar-refractivity contribution in [3.8, 4) is 11.3 Å². The number of carbonyl (C=O) groups excluding carboxylic acids is 3. The van der Waals surface area contributed by atoms with Gasteiger partial charge in [0.25, 0.3) is 0 Å². The number of esters is 1. The van der Waals surface area contributed by atoms with Gasteiger partial charge in [-0.1, -0.05) is 28.1 Å². The van der Waals surface area contributed by atoms with Gasteiger partial charge in [0.1, 0.15) is 9.71 Å². The van der Waals surface area contributed by atoms with Crippen molar-refractivity contribution in [3.63, 3.8) is 0 Å². The summed E-state index contributed by atoms with van der Waals surface area (Å²) in [4.78, 5) is 43.1.